The lowest BCUT2D eigenvalue weighted by atomic mass is 10.2. The minimum Gasteiger partial charge on any atom is -0.481 e. The summed E-state index contributed by atoms with van der Waals surface area (Å²) in [6, 6.07) is 6.98. The smallest absolute Gasteiger partial charge is 0.303 e. The first-order valence-corrected chi connectivity index (χ1v) is 6.99. The molecule has 1 aromatic carbocycles. The Kier molecular flexibility index (Phi) is 5.18. The van der Waals surface area contributed by atoms with E-state index < -0.39 is 11.5 Å². The van der Waals surface area contributed by atoms with Crippen LogP contribution in [0.3, 0.4) is 0 Å². The largest absolute Gasteiger partial charge is 0.481 e. The van der Waals surface area contributed by atoms with E-state index in [1.807, 2.05) is 0 Å². The Labute approximate surface area is 134 Å². The van der Waals surface area contributed by atoms with E-state index in [0.29, 0.717) is 10.6 Å². The minimum atomic E-state index is -1.02. The highest BCUT2D eigenvalue weighted by atomic mass is 35.5. The van der Waals surface area contributed by atoms with Crippen LogP contribution in [-0.4, -0.2) is 32.2 Å². The maximum Gasteiger partial charge on any atom is 0.303 e. The molecule has 0 saturated carbocycles. The third-order valence-electron chi connectivity index (χ3n) is 2.71. The Morgan fingerprint density at radius 3 is 2.91 bits per heavy atom. The van der Waals surface area contributed by atoms with E-state index in [1.165, 1.54) is 6.21 Å². The number of carbonyl (C=O) groups is 1. The highest BCUT2D eigenvalue weighted by Gasteiger charge is 2.09. The summed E-state index contributed by atoms with van der Waals surface area (Å²) in [5.74, 6) is -1.02. The van der Waals surface area contributed by atoms with Gasteiger partial charge < -0.3 is 5.11 Å². The van der Waals surface area contributed by atoms with Crippen LogP contribution >= 0.6 is 23.8 Å². The molecule has 0 amide bonds. The molecule has 9 heteroatoms. The number of carboxylic acid groups (broad SMARTS) is 1. The van der Waals surface area contributed by atoms with Crippen molar-refractivity contribution in [2.45, 2.75) is 12.8 Å². The monoisotopic (exact) mass is 338 g/mol. The first-order chi connectivity index (χ1) is 10.5. The number of aliphatic carboxylic acids is 1. The van der Waals surface area contributed by atoms with Gasteiger partial charge in [0.05, 0.1) is 12.6 Å². The maximum absolute atomic E-state index is 12.2. The zero-order chi connectivity index (χ0) is 16.1. The number of H-pyrrole nitrogens is 1. The lowest BCUT2D eigenvalue weighted by molar-refractivity contribution is -0.136. The van der Waals surface area contributed by atoms with Crippen LogP contribution in [0, 0.1) is 4.77 Å². The second-order valence-electron chi connectivity index (χ2n) is 4.25. The van der Waals surface area contributed by atoms with Gasteiger partial charge in [-0.25, -0.2) is 0 Å². The number of aromatic amines is 1. The van der Waals surface area contributed by atoms with E-state index in [2.05, 4.69) is 15.3 Å². The Morgan fingerprint density at radius 2 is 2.23 bits per heavy atom. The van der Waals surface area contributed by atoms with Crippen molar-refractivity contribution in [3.63, 3.8) is 0 Å². The average Bonchev–Trinajstić information content (AvgIpc) is 2.48. The fourth-order valence-corrected chi connectivity index (χ4v) is 1.98. The molecule has 0 bridgehead atoms. The van der Waals surface area contributed by atoms with Crippen molar-refractivity contribution >= 4 is 36.0 Å². The number of aromatic nitrogens is 3. The Morgan fingerprint density at radius 1 is 1.50 bits per heavy atom. The van der Waals surface area contributed by atoms with Crippen molar-refractivity contribution in [1.82, 2.24) is 14.9 Å². The minimum absolute atomic E-state index is 0.00683. The van der Waals surface area contributed by atoms with E-state index in [0.717, 1.165) is 4.68 Å². The van der Waals surface area contributed by atoms with Gasteiger partial charge in [-0.3, -0.25) is 14.7 Å². The average molecular weight is 339 g/mol. The van der Waals surface area contributed by atoms with Crippen molar-refractivity contribution in [2.24, 2.45) is 5.10 Å². The van der Waals surface area contributed by atoms with Crippen molar-refractivity contribution in [1.29, 1.82) is 0 Å². The summed E-state index contributed by atoms with van der Waals surface area (Å²) in [5.41, 5.74) is 0.106. The van der Waals surface area contributed by atoms with Crippen LogP contribution in [-0.2, 0) is 11.2 Å². The summed E-state index contributed by atoms with van der Waals surface area (Å²) in [5, 5.41) is 19.4. The fourth-order valence-electron chi connectivity index (χ4n) is 1.62. The maximum atomic E-state index is 12.2. The van der Waals surface area contributed by atoms with Crippen LogP contribution < -0.4 is 5.56 Å². The predicted octanol–water partition coefficient (Wildman–Crippen LogP) is 1.85. The second-order valence-corrected chi connectivity index (χ2v) is 5.05. The summed E-state index contributed by atoms with van der Waals surface area (Å²) < 4.78 is 0.954. The molecule has 0 atom stereocenters. The molecule has 0 fully saturated rings. The number of nitrogens with one attached hydrogen (secondary N) is 1. The lowest BCUT2D eigenvalue weighted by Gasteiger charge is -2.02. The number of hydrogen-bond acceptors (Lipinski definition) is 5. The molecule has 0 aliphatic heterocycles. The Hall–Kier alpha value is -2.32. The first-order valence-electron chi connectivity index (χ1n) is 6.20. The molecule has 2 N–H and O–H groups in total. The third-order valence-corrected chi connectivity index (χ3v) is 3.32. The van der Waals surface area contributed by atoms with Gasteiger partial charge in [-0.05, 0) is 18.3 Å². The van der Waals surface area contributed by atoms with Gasteiger partial charge in [0, 0.05) is 17.0 Å². The normalized spacial score (nSPS) is 11.0. The van der Waals surface area contributed by atoms with E-state index >= 15 is 0 Å². The van der Waals surface area contributed by atoms with Crippen molar-refractivity contribution < 1.29 is 9.90 Å². The summed E-state index contributed by atoms with van der Waals surface area (Å²) in [4.78, 5) is 22.8. The standard InChI is InChI=1S/C13H11ClN4O3S/c14-9-4-2-1-3-8(9)7-15-18-12(21)10(5-6-11(19)20)16-17-13(18)22/h1-4,7H,5-6H2,(H,17,22)(H,19,20)/b15-7-. The molecule has 0 saturated heterocycles. The Balaban J connectivity index is 2.37. The molecular formula is C13H11ClN4O3S. The van der Waals surface area contributed by atoms with Gasteiger partial charge in [0.1, 0.15) is 5.69 Å². The molecule has 7 nitrogen and oxygen atoms in total. The third kappa shape index (κ3) is 3.86. The van der Waals surface area contributed by atoms with Gasteiger partial charge in [0.25, 0.3) is 5.56 Å². The van der Waals surface area contributed by atoms with Gasteiger partial charge in [0.15, 0.2) is 0 Å². The van der Waals surface area contributed by atoms with Crippen molar-refractivity contribution in [3.8, 4) is 0 Å². The number of halogens is 1. The van der Waals surface area contributed by atoms with Crippen molar-refractivity contribution in [3.05, 3.63) is 55.7 Å². The van der Waals surface area contributed by atoms with Gasteiger partial charge in [-0.15, -0.1) is 0 Å². The molecule has 0 unspecified atom stereocenters. The molecule has 1 aromatic heterocycles. The molecule has 2 rings (SSSR count). The molecule has 114 valence electrons. The predicted molar refractivity (Wildman–Crippen MR) is 84.1 cm³/mol. The zero-order valence-electron chi connectivity index (χ0n) is 11.2. The van der Waals surface area contributed by atoms with Crippen molar-refractivity contribution in [2.75, 3.05) is 0 Å². The molecule has 0 radical (unpaired) electrons. The lowest BCUT2D eigenvalue weighted by Crippen LogP contribution is -2.25. The van der Waals surface area contributed by atoms with Crippen LogP contribution in [0.2, 0.25) is 5.02 Å². The molecule has 2 aromatic rings. The summed E-state index contributed by atoms with van der Waals surface area (Å²) in [6.07, 6.45) is 1.18. The number of nitrogens with zero attached hydrogens (tertiary/aromatic N) is 3. The molecule has 1 heterocycles. The van der Waals surface area contributed by atoms with E-state index in [-0.39, 0.29) is 23.3 Å². The Bertz CT molecular complexity index is 844. The number of carboxylic acids is 1. The molecule has 0 aliphatic carbocycles. The quantitative estimate of drug-likeness (QED) is 0.640. The topological polar surface area (TPSA) is 100 Å². The number of rotatable bonds is 5. The highest BCUT2D eigenvalue weighted by Crippen LogP contribution is 2.12. The second kappa shape index (κ2) is 7.10. The SMILES string of the molecule is O=C(O)CCc1n[nH]c(=S)n(/N=C\c2ccccc2Cl)c1=O. The summed E-state index contributed by atoms with van der Waals surface area (Å²) in [7, 11) is 0. The van der Waals surface area contributed by atoms with Gasteiger partial charge in [-0.2, -0.15) is 14.9 Å². The van der Waals surface area contributed by atoms with Gasteiger partial charge in [-0.1, -0.05) is 29.8 Å². The van der Waals surface area contributed by atoms with Crippen LogP contribution in [0.25, 0.3) is 0 Å². The zero-order valence-corrected chi connectivity index (χ0v) is 12.8. The van der Waals surface area contributed by atoms with Crippen LogP contribution in [0.5, 0.6) is 0 Å². The van der Waals surface area contributed by atoms with Gasteiger partial charge >= 0.3 is 5.97 Å². The first kappa shape index (κ1) is 16.1. The molecule has 22 heavy (non-hydrogen) atoms. The van der Waals surface area contributed by atoms with E-state index in [1.54, 1.807) is 24.3 Å². The summed E-state index contributed by atoms with van der Waals surface area (Å²) in [6.45, 7) is 0. The number of aryl methyl sites for hydroxylation is 1. The highest BCUT2D eigenvalue weighted by molar-refractivity contribution is 7.71. The molecular weight excluding hydrogens is 328 g/mol. The summed E-state index contributed by atoms with van der Waals surface area (Å²) >= 11 is 11.0. The van der Waals surface area contributed by atoms with Crippen LogP contribution in [0.15, 0.2) is 34.2 Å². The van der Waals surface area contributed by atoms with Crippen LogP contribution in [0.1, 0.15) is 17.7 Å². The number of benzene rings is 1. The van der Waals surface area contributed by atoms with E-state index in [4.69, 9.17) is 28.9 Å². The van der Waals surface area contributed by atoms with Crippen LogP contribution in [0.4, 0.5) is 0 Å². The van der Waals surface area contributed by atoms with Gasteiger partial charge in [0.2, 0.25) is 4.77 Å². The fraction of sp³-hybridized carbons (Fsp3) is 0.154. The number of hydrogen-bond donors (Lipinski definition) is 2. The molecule has 0 aliphatic rings. The molecule has 0 spiro atoms. The van der Waals surface area contributed by atoms with E-state index in [9.17, 15) is 9.59 Å².